The van der Waals surface area contributed by atoms with E-state index in [0.29, 0.717) is 11.3 Å². The van der Waals surface area contributed by atoms with Crippen LogP contribution in [-0.2, 0) is 4.79 Å². The Bertz CT molecular complexity index is 564. The number of fused-ring (bicyclic) bond motifs is 1. The summed E-state index contributed by atoms with van der Waals surface area (Å²) in [7, 11) is 0. The molecule has 0 spiro atoms. The summed E-state index contributed by atoms with van der Waals surface area (Å²) in [6, 6.07) is 7.12. The minimum Gasteiger partial charge on any atom is -0.326 e. The molecule has 2 aromatic rings. The van der Waals surface area contributed by atoms with E-state index in [9.17, 15) is 9.59 Å². The van der Waals surface area contributed by atoms with Crippen LogP contribution in [0.15, 0.2) is 30.5 Å². The number of nitrogens with zero attached hydrogens (tertiary/aromatic N) is 1. The van der Waals surface area contributed by atoms with Gasteiger partial charge in [-0.15, -0.1) is 0 Å². The van der Waals surface area contributed by atoms with E-state index in [1.54, 1.807) is 18.2 Å². The van der Waals surface area contributed by atoms with Gasteiger partial charge in [0.2, 0.25) is 5.91 Å². The average Bonchev–Trinajstić information content (AvgIpc) is 2.27. The van der Waals surface area contributed by atoms with Crippen LogP contribution in [0.2, 0.25) is 0 Å². The number of hydrogen-bond donors (Lipinski definition) is 1. The lowest BCUT2D eigenvalue weighted by Crippen LogP contribution is -2.05. The highest BCUT2D eigenvalue weighted by Crippen LogP contribution is 2.17. The lowest BCUT2D eigenvalue weighted by atomic mass is 10.1. The molecule has 0 aliphatic carbocycles. The van der Waals surface area contributed by atoms with Crippen molar-refractivity contribution in [2.24, 2.45) is 0 Å². The van der Waals surface area contributed by atoms with Crippen molar-refractivity contribution in [2.45, 2.75) is 6.92 Å². The highest BCUT2D eigenvalue weighted by Gasteiger charge is 2.00. The molecule has 0 bridgehead atoms. The van der Waals surface area contributed by atoms with Gasteiger partial charge in [0, 0.05) is 29.8 Å². The Hall–Kier alpha value is -2.23. The molecule has 2 rings (SSSR count). The molecule has 4 heteroatoms. The molecule has 80 valence electrons. The predicted octanol–water partition coefficient (Wildman–Crippen LogP) is 2.01. The second-order valence-corrected chi connectivity index (χ2v) is 3.48. The van der Waals surface area contributed by atoms with Crippen LogP contribution in [0.1, 0.15) is 17.3 Å². The normalized spacial score (nSPS) is 10.1. The third kappa shape index (κ3) is 2.06. The molecule has 1 N–H and O–H groups in total. The third-order valence-electron chi connectivity index (χ3n) is 2.16. The maximum atomic E-state index is 10.9. The Balaban J connectivity index is 2.47. The molecule has 16 heavy (non-hydrogen) atoms. The van der Waals surface area contributed by atoms with Gasteiger partial charge in [-0.25, -0.2) is 0 Å². The van der Waals surface area contributed by atoms with E-state index in [-0.39, 0.29) is 5.91 Å². The zero-order valence-corrected chi connectivity index (χ0v) is 8.73. The Morgan fingerprint density at radius 1 is 1.38 bits per heavy atom. The number of aromatic nitrogens is 1. The molecule has 1 aromatic carbocycles. The van der Waals surface area contributed by atoms with Crippen LogP contribution in [0.3, 0.4) is 0 Å². The number of rotatable bonds is 2. The van der Waals surface area contributed by atoms with Gasteiger partial charge in [-0.3, -0.25) is 14.6 Å². The summed E-state index contributed by atoms with van der Waals surface area (Å²) in [5.41, 5.74) is 1.99. The van der Waals surface area contributed by atoms with Gasteiger partial charge in [0.25, 0.3) is 0 Å². The number of pyridine rings is 1. The molecule has 0 atom stereocenters. The second-order valence-electron chi connectivity index (χ2n) is 3.48. The van der Waals surface area contributed by atoms with E-state index in [1.165, 1.54) is 13.1 Å². The van der Waals surface area contributed by atoms with Gasteiger partial charge in [-0.1, -0.05) is 6.07 Å². The first-order valence-electron chi connectivity index (χ1n) is 4.81. The van der Waals surface area contributed by atoms with Crippen LogP contribution in [0, 0.1) is 0 Å². The molecule has 0 fully saturated rings. The molecule has 0 unspecified atom stereocenters. The minimum atomic E-state index is -0.121. The average molecular weight is 214 g/mol. The Morgan fingerprint density at radius 3 is 2.88 bits per heavy atom. The van der Waals surface area contributed by atoms with E-state index < -0.39 is 0 Å². The summed E-state index contributed by atoms with van der Waals surface area (Å²) in [4.78, 5) is 25.6. The Labute approximate surface area is 92.3 Å². The summed E-state index contributed by atoms with van der Waals surface area (Å²) in [5, 5.41) is 3.55. The molecular formula is C12H10N2O2. The van der Waals surface area contributed by atoms with Crippen molar-refractivity contribution in [1.29, 1.82) is 0 Å². The lowest BCUT2D eigenvalue weighted by molar-refractivity contribution is -0.114. The maximum Gasteiger partial charge on any atom is 0.221 e. The summed E-state index contributed by atoms with van der Waals surface area (Å²) in [6.07, 6.45) is 2.26. The van der Waals surface area contributed by atoms with Crippen LogP contribution in [-0.4, -0.2) is 17.2 Å². The first-order chi connectivity index (χ1) is 7.69. The molecule has 1 amide bonds. The van der Waals surface area contributed by atoms with Crippen molar-refractivity contribution in [3.8, 4) is 0 Å². The zero-order valence-electron chi connectivity index (χ0n) is 8.73. The summed E-state index contributed by atoms with van der Waals surface area (Å²) in [6.45, 7) is 1.45. The molecule has 4 nitrogen and oxygen atoms in total. The van der Waals surface area contributed by atoms with Crippen LogP contribution < -0.4 is 5.32 Å². The van der Waals surface area contributed by atoms with Crippen LogP contribution in [0.4, 0.5) is 5.69 Å². The first kappa shape index (κ1) is 10.3. The fourth-order valence-electron chi connectivity index (χ4n) is 1.48. The van der Waals surface area contributed by atoms with Gasteiger partial charge in [0.1, 0.15) is 0 Å². The number of carbonyl (C=O) groups excluding carboxylic acids is 2. The zero-order chi connectivity index (χ0) is 11.5. The molecule has 0 radical (unpaired) electrons. The molecule has 0 aliphatic heterocycles. The van der Waals surface area contributed by atoms with Crippen LogP contribution in [0.25, 0.3) is 10.9 Å². The standard InChI is InChI=1S/C12H10N2O2/c1-8(16)14-11-3-2-10-4-9(7-15)6-13-12(10)5-11/h2-7H,1H3,(H,14,16). The van der Waals surface area contributed by atoms with E-state index in [4.69, 9.17) is 0 Å². The van der Waals surface area contributed by atoms with Crippen molar-refractivity contribution in [3.05, 3.63) is 36.0 Å². The quantitative estimate of drug-likeness (QED) is 0.778. The number of amides is 1. The number of aldehydes is 1. The molecule has 1 heterocycles. The molecular weight excluding hydrogens is 204 g/mol. The summed E-state index contributed by atoms with van der Waals surface area (Å²) < 4.78 is 0. The fraction of sp³-hybridized carbons (Fsp3) is 0.0833. The minimum absolute atomic E-state index is 0.121. The largest absolute Gasteiger partial charge is 0.326 e. The fourth-order valence-corrected chi connectivity index (χ4v) is 1.48. The van der Waals surface area contributed by atoms with Crippen molar-refractivity contribution in [2.75, 3.05) is 5.32 Å². The van der Waals surface area contributed by atoms with Crippen molar-refractivity contribution >= 4 is 28.8 Å². The Kier molecular flexibility index (Phi) is 2.64. The van der Waals surface area contributed by atoms with E-state index in [0.717, 1.165) is 17.2 Å². The molecule has 0 aliphatic rings. The topological polar surface area (TPSA) is 59.1 Å². The van der Waals surface area contributed by atoms with E-state index in [1.807, 2.05) is 6.07 Å². The summed E-state index contributed by atoms with van der Waals surface area (Å²) >= 11 is 0. The number of benzene rings is 1. The Morgan fingerprint density at radius 2 is 2.19 bits per heavy atom. The third-order valence-corrected chi connectivity index (χ3v) is 2.16. The van der Waals surface area contributed by atoms with Crippen LogP contribution >= 0.6 is 0 Å². The van der Waals surface area contributed by atoms with Gasteiger partial charge in [-0.2, -0.15) is 0 Å². The van der Waals surface area contributed by atoms with E-state index >= 15 is 0 Å². The highest BCUT2D eigenvalue weighted by molar-refractivity contribution is 5.93. The van der Waals surface area contributed by atoms with Gasteiger partial charge < -0.3 is 5.32 Å². The number of nitrogens with one attached hydrogen (secondary N) is 1. The van der Waals surface area contributed by atoms with Crippen LogP contribution in [0.5, 0.6) is 0 Å². The number of hydrogen-bond acceptors (Lipinski definition) is 3. The van der Waals surface area contributed by atoms with Gasteiger partial charge in [0.15, 0.2) is 6.29 Å². The van der Waals surface area contributed by atoms with Crippen molar-refractivity contribution < 1.29 is 9.59 Å². The molecule has 1 aromatic heterocycles. The lowest BCUT2D eigenvalue weighted by Gasteiger charge is -2.03. The van der Waals surface area contributed by atoms with Crippen molar-refractivity contribution in [1.82, 2.24) is 4.98 Å². The number of anilines is 1. The van der Waals surface area contributed by atoms with E-state index in [2.05, 4.69) is 10.3 Å². The molecule has 0 saturated carbocycles. The monoisotopic (exact) mass is 214 g/mol. The first-order valence-corrected chi connectivity index (χ1v) is 4.81. The maximum absolute atomic E-state index is 10.9. The van der Waals surface area contributed by atoms with Gasteiger partial charge in [-0.05, 0) is 18.2 Å². The number of carbonyl (C=O) groups is 2. The summed E-state index contributed by atoms with van der Waals surface area (Å²) in [5.74, 6) is -0.121. The van der Waals surface area contributed by atoms with Gasteiger partial charge >= 0.3 is 0 Å². The highest BCUT2D eigenvalue weighted by atomic mass is 16.1. The predicted molar refractivity (Wildman–Crippen MR) is 61.4 cm³/mol. The van der Waals surface area contributed by atoms with Crippen molar-refractivity contribution in [3.63, 3.8) is 0 Å². The van der Waals surface area contributed by atoms with Gasteiger partial charge in [0.05, 0.1) is 5.52 Å². The smallest absolute Gasteiger partial charge is 0.221 e. The SMILES string of the molecule is CC(=O)Nc1ccc2cc(C=O)cnc2c1. The second kappa shape index (κ2) is 4.10. The molecule has 0 saturated heterocycles.